The molecule has 3 heteroatoms. The van der Waals surface area contributed by atoms with E-state index in [4.69, 9.17) is 4.42 Å². The second-order valence-corrected chi connectivity index (χ2v) is 12.8. The first-order chi connectivity index (χ1) is 20.0. The average Bonchev–Trinajstić information content (AvgIpc) is 3.36. The van der Waals surface area contributed by atoms with Crippen LogP contribution in [-0.4, -0.2) is 0 Å². The monoisotopic (exact) mass is 546 g/mol. The summed E-state index contributed by atoms with van der Waals surface area (Å²) >= 11 is 0. The summed E-state index contributed by atoms with van der Waals surface area (Å²) in [4.78, 5) is 0. The number of aryl methyl sites for hydroxylation is 3. The van der Waals surface area contributed by atoms with Crippen molar-refractivity contribution in [2.75, 3.05) is 0 Å². The zero-order valence-electron chi connectivity index (χ0n) is 24.7. The predicted octanol–water partition coefficient (Wildman–Crippen LogP) is 10.4. The molecule has 210 valence electrons. The lowest BCUT2D eigenvalue weighted by Gasteiger charge is -2.36. The molecule has 2 aromatic heterocycles. The first kappa shape index (κ1) is 26.4. The Morgan fingerprint density at radius 3 is 2.15 bits per heavy atom. The first-order valence-corrected chi connectivity index (χ1v) is 15.7. The number of halogens is 1. The van der Waals surface area contributed by atoms with Gasteiger partial charge in [-0.2, -0.15) is 0 Å². The van der Waals surface area contributed by atoms with Gasteiger partial charge in [0.2, 0.25) is 5.69 Å². The van der Waals surface area contributed by atoms with Crippen molar-refractivity contribution in [3.05, 3.63) is 89.4 Å². The van der Waals surface area contributed by atoms with Gasteiger partial charge < -0.3 is 4.42 Å². The smallest absolute Gasteiger partial charge is 0.216 e. The van der Waals surface area contributed by atoms with Gasteiger partial charge >= 0.3 is 0 Å². The van der Waals surface area contributed by atoms with Crippen LogP contribution in [-0.2, 0) is 7.05 Å². The van der Waals surface area contributed by atoms with Crippen LogP contribution in [0.5, 0.6) is 0 Å². The van der Waals surface area contributed by atoms with Crippen molar-refractivity contribution in [3.63, 3.8) is 0 Å². The second kappa shape index (κ2) is 10.7. The van der Waals surface area contributed by atoms with Gasteiger partial charge in [-0.3, -0.25) is 0 Å². The minimum atomic E-state index is -0.236. The summed E-state index contributed by atoms with van der Waals surface area (Å²) in [5.41, 5.74) is 8.90. The summed E-state index contributed by atoms with van der Waals surface area (Å²) in [7, 11) is 2.05. The third-order valence-electron chi connectivity index (χ3n) is 10.4. The Labute approximate surface area is 243 Å². The van der Waals surface area contributed by atoms with Crippen molar-refractivity contribution in [2.24, 2.45) is 18.9 Å². The maximum Gasteiger partial charge on any atom is 0.216 e. The highest BCUT2D eigenvalue weighted by molar-refractivity contribution is 6.13. The lowest BCUT2D eigenvalue weighted by Crippen LogP contribution is -2.30. The van der Waals surface area contributed by atoms with Crippen LogP contribution in [0, 0.1) is 31.5 Å². The number of furan rings is 1. The molecule has 0 atom stereocenters. The molecule has 0 bridgehead atoms. The average molecular weight is 547 g/mol. The normalized spacial score (nSPS) is 20.2. The molecule has 2 heterocycles. The van der Waals surface area contributed by atoms with E-state index in [1.54, 1.807) is 6.07 Å². The molecule has 0 amide bonds. The summed E-state index contributed by atoms with van der Waals surface area (Å²) in [6.45, 7) is 4.32. The molecule has 41 heavy (non-hydrogen) atoms. The zero-order chi connectivity index (χ0) is 28.1. The van der Waals surface area contributed by atoms with Gasteiger partial charge in [0.05, 0.1) is 11.1 Å². The maximum absolute atomic E-state index is 15.6. The van der Waals surface area contributed by atoms with Crippen molar-refractivity contribution >= 4 is 21.9 Å². The van der Waals surface area contributed by atoms with Gasteiger partial charge in [0.1, 0.15) is 24.0 Å². The molecule has 2 fully saturated rings. The van der Waals surface area contributed by atoms with Gasteiger partial charge in [-0.15, -0.1) is 0 Å². The van der Waals surface area contributed by atoms with E-state index >= 15 is 4.39 Å². The Balaban J connectivity index is 1.25. The third kappa shape index (κ3) is 4.68. The quantitative estimate of drug-likeness (QED) is 0.205. The number of aromatic nitrogens is 1. The number of nitrogens with zero attached hydrogens (tertiary/aromatic N) is 1. The van der Waals surface area contributed by atoms with Gasteiger partial charge in [0.25, 0.3) is 0 Å². The Hall–Kier alpha value is -3.46. The van der Waals surface area contributed by atoms with Crippen LogP contribution in [0.15, 0.2) is 71.3 Å². The molecular weight excluding hydrogens is 505 g/mol. The van der Waals surface area contributed by atoms with Gasteiger partial charge in [-0.25, -0.2) is 8.96 Å². The van der Waals surface area contributed by atoms with E-state index in [2.05, 4.69) is 54.8 Å². The minimum Gasteiger partial charge on any atom is -0.454 e. The maximum atomic E-state index is 15.6. The Bertz CT molecular complexity index is 1730. The highest BCUT2D eigenvalue weighted by atomic mass is 19.1. The van der Waals surface area contributed by atoms with E-state index in [0.29, 0.717) is 17.1 Å². The molecule has 3 aromatic carbocycles. The second-order valence-electron chi connectivity index (χ2n) is 12.8. The SMILES string of the molecule is Cc1cc(-c2c(F)ccc3c2oc2c(-c4cccc[n+]4C)c(C)ccc23)ccc1C1CCC(C2CCCCC2)CC1. The van der Waals surface area contributed by atoms with Crippen LogP contribution in [0.4, 0.5) is 4.39 Å². The predicted molar refractivity (Wildman–Crippen MR) is 166 cm³/mol. The highest BCUT2D eigenvalue weighted by Gasteiger charge is 2.30. The van der Waals surface area contributed by atoms with Crippen LogP contribution in [0.3, 0.4) is 0 Å². The molecule has 2 saturated carbocycles. The Kier molecular flexibility index (Phi) is 6.93. The van der Waals surface area contributed by atoms with Gasteiger partial charge in [-0.1, -0.05) is 62.4 Å². The first-order valence-electron chi connectivity index (χ1n) is 15.7. The number of benzene rings is 3. The standard InChI is InChI=1S/C38H41FNO/c1-24-12-18-31-32-20-21-33(39)36(38(32)41-37(31)35(24)34-11-7-8-22-40(34)3)29-17-19-30(25(2)23-29)28-15-13-27(14-16-28)26-9-5-4-6-10-26/h7-8,11-12,17-23,26-28H,4-6,9-10,13-16H2,1-3H3/q+1. The molecule has 0 saturated heterocycles. The fourth-order valence-electron chi connectivity index (χ4n) is 8.14. The van der Waals surface area contributed by atoms with Gasteiger partial charge in [-0.05, 0) is 97.7 Å². The molecule has 7 rings (SSSR count). The van der Waals surface area contributed by atoms with E-state index in [-0.39, 0.29) is 5.82 Å². The molecule has 2 aliphatic rings. The highest BCUT2D eigenvalue weighted by Crippen LogP contribution is 2.45. The number of fused-ring (bicyclic) bond motifs is 3. The molecule has 2 nitrogen and oxygen atoms in total. The number of rotatable bonds is 4. The molecule has 5 aromatic rings. The fourth-order valence-corrected chi connectivity index (χ4v) is 8.14. The summed E-state index contributed by atoms with van der Waals surface area (Å²) in [5, 5.41) is 1.98. The van der Waals surface area contributed by atoms with Crippen molar-refractivity contribution < 1.29 is 13.4 Å². The van der Waals surface area contributed by atoms with Crippen molar-refractivity contribution in [1.82, 2.24) is 0 Å². The summed E-state index contributed by atoms with van der Waals surface area (Å²) in [6.07, 6.45) is 14.6. The lowest BCUT2D eigenvalue weighted by atomic mass is 9.69. The van der Waals surface area contributed by atoms with Gasteiger partial charge in [0, 0.05) is 22.9 Å². The summed E-state index contributed by atoms with van der Waals surface area (Å²) in [5.74, 6) is 2.28. The molecule has 2 aliphatic carbocycles. The van der Waals surface area contributed by atoms with E-state index in [1.807, 2.05) is 31.4 Å². The van der Waals surface area contributed by atoms with E-state index < -0.39 is 0 Å². The van der Waals surface area contributed by atoms with Gasteiger partial charge in [0.15, 0.2) is 6.20 Å². The number of pyridine rings is 1. The van der Waals surface area contributed by atoms with Crippen LogP contribution < -0.4 is 4.57 Å². The molecule has 0 radical (unpaired) electrons. The fraction of sp³-hybridized carbons (Fsp3) is 0.395. The largest absolute Gasteiger partial charge is 0.454 e. The van der Waals surface area contributed by atoms with Crippen LogP contribution in [0.1, 0.15) is 80.4 Å². The molecule has 0 N–H and O–H groups in total. The zero-order valence-corrected chi connectivity index (χ0v) is 24.7. The van der Waals surface area contributed by atoms with E-state index in [0.717, 1.165) is 50.6 Å². The van der Waals surface area contributed by atoms with Crippen LogP contribution >= 0.6 is 0 Å². The summed E-state index contributed by atoms with van der Waals surface area (Å²) in [6, 6.07) is 20.5. The topological polar surface area (TPSA) is 17.0 Å². The lowest BCUT2D eigenvalue weighted by molar-refractivity contribution is -0.660. The molecule has 0 unspecified atom stereocenters. The molecular formula is C38H41FNO+. The minimum absolute atomic E-state index is 0.236. The van der Waals surface area contributed by atoms with E-state index in [1.165, 1.54) is 68.9 Å². The van der Waals surface area contributed by atoms with Crippen molar-refractivity contribution in [3.8, 4) is 22.4 Å². The Morgan fingerprint density at radius 2 is 1.41 bits per heavy atom. The summed E-state index contributed by atoms with van der Waals surface area (Å²) < 4.78 is 24.4. The van der Waals surface area contributed by atoms with Crippen LogP contribution in [0.2, 0.25) is 0 Å². The molecule has 0 aliphatic heterocycles. The molecule has 0 spiro atoms. The number of hydrogen-bond donors (Lipinski definition) is 0. The van der Waals surface area contributed by atoms with Crippen molar-refractivity contribution in [1.29, 1.82) is 0 Å². The van der Waals surface area contributed by atoms with E-state index in [9.17, 15) is 0 Å². The number of hydrogen-bond acceptors (Lipinski definition) is 1. The Morgan fingerprint density at radius 1 is 0.707 bits per heavy atom. The van der Waals surface area contributed by atoms with Crippen molar-refractivity contribution in [2.45, 2.75) is 77.6 Å². The van der Waals surface area contributed by atoms with Crippen LogP contribution in [0.25, 0.3) is 44.3 Å². The third-order valence-corrected chi connectivity index (χ3v) is 10.4.